The zero-order chi connectivity index (χ0) is 22.2. The summed E-state index contributed by atoms with van der Waals surface area (Å²) in [4.78, 5) is 16.2. The van der Waals surface area contributed by atoms with E-state index < -0.39 is 17.3 Å². The van der Waals surface area contributed by atoms with E-state index in [2.05, 4.69) is 0 Å². The number of carbonyl (C=O) groups is 1. The van der Waals surface area contributed by atoms with Crippen LogP contribution in [-0.2, 0) is 6.18 Å². The molecule has 31 heavy (non-hydrogen) atoms. The normalized spacial score (nSPS) is 20.8. The van der Waals surface area contributed by atoms with Gasteiger partial charge in [-0.1, -0.05) is 0 Å². The summed E-state index contributed by atoms with van der Waals surface area (Å²) in [5, 5.41) is 19.0. The number of furan rings is 1. The molecule has 1 atom stereocenters. The highest BCUT2D eigenvalue weighted by Crippen LogP contribution is 2.46. The molecule has 2 aromatic rings. The van der Waals surface area contributed by atoms with Gasteiger partial charge in [0.05, 0.1) is 29.0 Å². The number of hydrogen-bond donors (Lipinski definition) is 1. The van der Waals surface area contributed by atoms with Gasteiger partial charge >= 0.3 is 6.18 Å². The van der Waals surface area contributed by atoms with Crippen molar-refractivity contribution in [2.24, 2.45) is 11.3 Å². The SMILES string of the molecule is N#Cc1ccc(N2CC(CO)C3(CCN(C(=O)c4ccoc4)CC3)C2)cc1C(F)(F)F. The van der Waals surface area contributed by atoms with E-state index in [9.17, 15) is 23.1 Å². The van der Waals surface area contributed by atoms with E-state index in [0.717, 1.165) is 6.07 Å². The molecule has 2 aliphatic rings. The van der Waals surface area contributed by atoms with Crippen LogP contribution in [0.2, 0.25) is 0 Å². The lowest BCUT2D eigenvalue weighted by atomic mass is 9.71. The van der Waals surface area contributed by atoms with Gasteiger partial charge in [-0.05, 0) is 42.5 Å². The molecule has 1 N–H and O–H groups in total. The molecule has 0 bridgehead atoms. The van der Waals surface area contributed by atoms with Crippen LogP contribution in [0.25, 0.3) is 0 Å². The van der Waals surface area contributed by atoms with Gasteiger partial charge in [0, 0.05) is 44.4 Å². The van der Waals surface area contributed by atoms with E-state index in [1.54, 1.807) is 17.0 Å². The van der Waals surface area contributed by atoms with Gasteiger partial charge in [-0.25, -0.2) is 0 Å². The van der Waals surface area contributed by atoms with E-state index in [1.807, 2.05) is 4.90 Å². The number of nitrogens with zero attached hydrogens (tertiary/aromatic N) is 3. The molecule has 1 unspecified atom stereocenters. The maximum absolute atomic E-state index is 13.4. The van der Waals surface area contributed by atoms with Crippen LogP contribution in [0.3, 0.4) is 0 Å². The minimum atomic E-state index is -4.62. The third-order valence-electron chi connectivity index (χ3n) is 6.64. The van der Waals surface area contributed by atoms with Crippen molar-refractivity contribution in [3.63, 3.8) is 0 Å². The first-order chi connectivity index (χ1) is 14.8. The molecule has 164 valence electrons. The predicted molar refractivity (Wildman–Crippen MR) is 105 cm³/mol. The first-order valence-corrected chi connectivity index (χ1v) is 10.1. The third-order valence-corrected chi connectivity index (χ3v) is 6.64. The Kier molecular flexibility index (Phi) is 5.43. The van der Waals surface area contributed by atoms with E-state index in [1.165, 1.54) is 24.7 Å². The highest BCUT2D eigenvalue weighted by molar-refractivity contribution is 5.93. The number of likely N-dealkylation sites (tertiary alicyclic amines) is 1. The monoisotopic (exact) mass is 433 g/mol. The van der Waals surface area contributed by atoms with E-state index >= 15 is 0 Å². The first kappa shape index (κ1) is 21.2. The number of benzene rings is 1. The average Bonchev–Trinajstić information content (AvgIpc) is 3.41. The number of amides is 1. The van der Waals surface area contributed by atoms with Crippen LogP contribution in [0.5, 0.6) is 0 Å². The van der Waals surface area contributed by atoms with Gasteiger partial charge in [-0.3, -0.25) is 4.79 Å². The Morgan fingerprint density at radius 1 is 1.29 bits per heavy atom. The topological polar surface area (TPSA) is 80.7 Å². The quantitative estimate of drug-likeness (QED) is 0.801. The second-order valence-electron chi connectivity index (χ2n) is 8.27. The Bertz CT molecular complexity index is 990. The van der Waals surface area contributed by atoms with Crippen LogP contribution < -0.4 is 4.90 Å². The van der Waals surface area contributed by atoms with Crippen LogP contribution in [-0.4, -0.2) is 48.7 Å². The molecule has 1 aromatic heterocycles. The van der Waals surface area contributed by atoms with Crippen molar-refractivity contribution in [2.45, 2.75) is 19.0 Å². The summed E-state index contributed by atoms with van der Waals surface area (Å²) in [7, 11) is 0. The smallest absolute Gasteiger partial charge is 0.417 e. The summed E-state index contributed by atoms with van der Waals surface area (Å²) in [5.41, 5.74) is -0.767. The van der Waals surface area contributed by atoms with Crippen LogP contribution in [0.15, 0.2) is 41.2 Å². The molecule has 6 nitrogen and oxygen atoms in total. The largest absolute Gasteiger partial charge is 0.472 e. The lowest BCUT2D eigenvalue weighted by Gasteiger charge is -2.42. The van der Waals surface area contributed by atoms with Crippen LogP contribution >= 0.6 is 0 Å². The molecule has 3 heterocycles. The molecule has 1 spiro atoms. The molecule has 0 radical (unpaired) electrons. The van der Waals surface area contributed by atoms with E-state index in [4.69, 9.17) is 9.68 Å². The molecule has 1 aromatic carbocycles. The molecule has 0 aliphatic carbocycles. The number of piperidine rings is 1. The summed E-state index contributed by atoms with van der Waals surface area (Å²) >= 11 is 0. The zero-order valence-corrected chi connectivity index (χ0v) is 16.7. The molecule has 2 fully saturated rings. The number of carbonyl (C=O) groups excluding carboxylic acids is 1. The molecule has 2 saturated heterocycles. The maximum Gasteiger partial charge on any atom is 0.417 e. The number of alkyl halides is 3. The first-order valence-electron chi connectivity index (χ1n) is 10.1. The minimum absolute atomic E-state index is 0.0748. The fourth-order valence-corrected chi connectivity index (χ4v) is 4.83. The zero-order valence-electron chi connectivity index (χ0n) is 16.7. The number of aliphatic hydroxyl groups excluding tert-OH is 1. The summed E-state index contributed by atoms with van der Waals surface area (Å²) in [6.07, 6.45) is -0.457. The highest BCUT2D eigenvalue weighted by Gasteiger charge is 2.48. The Morgan fingerprint density at radius 2 is 2.03 bits per heavy atom. The average molecular weight is 433 g/mol. The number of anilines is 1. The second-order valence-corrected chi connectivity index (χ2v) is 8.27. The van der Waals surface area contributed by atoms with E-state index in [0.29, 0.717) is 50.3 Å². The fraction of sp³-hybridized carbons (Fsp3) is 0.455. The summed E-state index contributed by atoms with van der Waals surface area (Å²) < 4.78 is 45.1. The van der Waals surface area contributed by atoms with Gasteiger partial charge in [0.1, 0.15) is 6.26 Å². The molecule has 0 saturated carbocycles. The number of nitriles is 1. The summed E-state index contributed by atoms with van der Waals surface area (Å²) in [6.45, 7) is 1.87. The van der Waals surface area contributed by atoms with Gasteiger partial charge < -0.3 is 19.3 Å². The molecule has 4 rings (SSSR count). The number of aliphatic hydroxyl groups is 1. The standard InChI is InChI=1S/C22H22F3N3O3/c23-22(24,25)19-9-18(2-1-15(19)10-26)28-11-17(12-29)21(14-28)4-6-27(7-5-21)20(30)16-3-8-31-13-16/h1-3,8-9,13,17,29H,4-7,11-12,14H2. The van der Waals surface area contributed by atoms with Crippen molar-refractivity contribution in [1.29, 1.82) is 5.26 Å². The Hall–Kier alpha value is -2.99. The van der Waals surface area contributed by atoms with Gasteiger partial charge in [0.25, 0.3) is 5.91 Å². The van der Waals surface area contributed by atoms with Crippen molar-refractivity contribution < 1.29 is 27.5 Å². The Morgan fingerprint density at radius 3 is 2.61 bits per heavy atom. The molecular formula is C22H22F3N3O3. The van der Waals surface area contributed by atoms with Crippen molar-refractivity contribution in [1.82, 2.24) is 4.90 Å². The summed E-state index contributed by atoms with van der Waals surface area (Å²) in [6, 6.07) is 6.96. The van der Waals surface area contributed by atoms with Crippen LogP contribution in [0, 0.1) is 22.7 Å². The van der Waals surface area contributed by atoms with Gasteiger partial charge in [0.2, 0.25) is 0 Å². The Balaban J connectivity index is 1.52. The Labute approximate surface area is 177 Å². The third kappa shape index (κ3) is 3.88. The molecule has 1 amide bonds. The van der Waals surface area contributed by atoms with Crippen molar-refractivity contribution in [3.05, 3.63) is 53.5 Å². The minimum Gasteiger partial charge on any atom is -0.472 e. The van der Waals surface area contributed by atoms with E-state index in [-0.39, 0.29) is 23.8 Å². The van der Waals surface area contributed by atoms with Crippen LogP contribution in [0.4, 0.5) is 18.9 Å². The number of hydrogen-bond acceptors (Lipinski definition) is 5. The van der Waals surface area contributed by atoms with Crippen molar-refractivity contribution in [2.75, 3.05) is 37.7 Å². The van der Waals surface area contributed by atoms with Crippen molar-refractivity contribution >= 4 is 11.6 Å². The second kappa shape index (κ2) is 7.93. The predicted octanol–water partition coefficient (Wildman–Crippen LogP) is 3.52. The van der Waals surface area contributed by atoms with Gasteiger partial charge in [0.15, 0.2) is 0 Å². The molecule has 9 heteroatoms. The molecular weight excluding hydrogens is 411 g/mol. The summed E-state index contributed by atoms with van der Waals surface area (Å²) in [5.74, 6) is -0.218. The van der Waals surface area contributed by atoms with Crippen molar-refractivity contribution in [3.8, 4) is 6.07 Å². The number of halogens is 3. The maximum atomic E-state index is 13.4. The van der Waals surface area contributed by atoms with Gasteiger partial charge in [-0.2, -0.15) is 18.4 Å². The fourth-order valence-electron chi connectivity index (χ4n) is 4.83. The van der Waals surface area contributed by atoms with Crippen LogP contribution in [0.1, 0.15) is 34.3 Å². The highest BCUT2D eigenvalue weighted by atomic mass is 19.4. The lowest BCUT2D eigenvalue weighted by molar-refractivity contribution is -0.137. The lowest BCUT2D eigenvalue weighted by Crippen LogP contribution is -2.47. The molecule has 2 aliphatic heterocycles. The van der Waals surface area contributed by atoms with Gasteiger partial charge in [-0.15, -0.1) is 0 Å². The number of rotatable bonds is 3.